The minimum atomic E-state index is -0.0156. The fourth-order valence-corrected chi connectivity index (χ4v) is 4.92. The van der Waals surface area contributed by atoms with Crippen molar-refractivity contribution in [3.8, 4) is 5.69 Å². The van der Waals surface area contributed by atoms with Crippen LogP contribution in [-0.4, -0.2) is 39.8 Å². The highest BCUT2D eigenvalue weighted by Gasteiger charge is 2.41. The Balaban J connectivity index is 1.84. The Labute approximate surface area is 190 Å². The molecule has 6 heteroatoms. The van der Waals surface area contributed by atoms with Crippen molar-refractivity contribution in [2.24, 2.45) is 0 Å². The van der Waals surface area contributed by atoms with E-state index >= 15 is 0 Å². The van der Waals surface area contributed by atoms with Crippen LogP contribution in [0.15, 0.2) is 48.7 Å². The lowest BCUT2D eigenvalue weighted by Gasteiger charge is -2.28. The van der Waals surface area contributed by atoms with Gasteiger partial charge in [0.2, 0.25) is 0 Å². The number of aromatic nitrogens is 2. The van der Waals surface area contributed by atoms with Crippen LogP contribution in [-0.2, 0) is 4.74 Å². The fraction of sp³-hybridized carbons (Fsp3) is 0.360. The Hall–Kier alpha value is -2.70. The lowest BCUT2D eigenvalue weighted by Crippen LogP contribution is -2.32. The van der Waals surface area contributed by atoms with E-state index in [1.165, 1.54) is 33.8 Å². The number of aryl methyl sites for hydroxylation is 3. The second-order valence-electron chi connectivity index (χ2n) is 8.26. The van der Waals surface area contributed by atoms with Crippen LogP contribution in [0, 0.1) is 27.7 Å². The van der Waals surface area contributed by atoms with Crippen molar-refractivity contribution < 1.29 is 4.74 Å². The number of methoxy groups -OCH3 is 1. The van der Waals surface area contributed by atoms with E-state index in [-0.39, 0.29) is 12.1 Å². The first kappa shape index (κ1) is 21.5. The van der Waals surface area contributed by atoms with Gasteiger partial charge in [-0.2, -0.15) is 0 Å². The molecule has 0 aliphatic carbocycles. The van der Waals surface area contributed by atoms with Gasteiger partial charge in [0.1, 0.15) is 0 Å². The van der Waals surface area contributed by atoms with Crippen molar-refractivity contribution in [3.63, 3.8) is 0 Å². The first-order chi connectivity index (χ1) is 14.9. The lowest BCUT2D eigenvalue weighted by atomic mass is 9.97. The van der Waals surface area contributed by atoms with Crippen LogP contribution >= 0.6 is 12.2 Å². The monoisotopic (exact) mass is 434 g/mol. The van der Waals surface area contributed by atoms with Crippen molar-refractivity contribution >= 4 is 17.3 Å². The van der Waals surface area contributed by atoms with E-state index in [0.29, 0.717) is 6.61 Å². The van der Waals surface area contributed by atoms with Crippen LogP contribution in [0.5, 0.6) is 0 Å². The highest BCUT2D eigenvalue weighted by atomic mass is 32.1. The van der Waals surface area contributed by atoms with Crippen LogP contribution < -0.4 is 5.32 Å². The van der Waals surface area contributed by atoms with Crippen molar-refractivity contribution in [1.29, 1.82) is 0 Å². The number of nitrogens with zero attached hydrogens (tertiary/aromatic N) is 3. The molecule has 2 aromatic heterocycles. The number of pyridine rings is 1. The molecule has 2 atom stereocenters. The van der Waals surface area contributed by atoms with E-state index < -0.39 is 0 Å². The smallest absolute Gasteiger partial charge is 0.170 e. The van der Waals surface area contributed by atoms with Gasteiger partial charge in [-0.1, -0.05) is 18.2 Å². The molecule has 0 amide bonds. The average Bonchev–Trinajstić information content (AvgIpc) is 3.24. The number of nitrogens with one attached hydrogen (secondary N) is 1. The van der Waals surface area contributed by atoms with Crippen LogP contribution in [0.2, 0.25) is 0 Å². The molecule has 1 aliphatic heterocycles. The molecule has 4 rings (SSSR count). The summed E-state index contributed by atoms with van der Waals surface area (Å²) in [4.78, 5) is 6.89. The molecule has 0 saturated carbocycles. The summed E-state index contributed by atoms with van der Waals surface area (Å²) >= 11 is 5.75. The van der Waals surface area contributed by atoms with Gasteiger partial charge in [0.05, 0.1) is 24.4 Å². The van der Waals surface area contributed by atoms with Crippen molar-refractivity contribution in [2.45, 2.75) is 39.8 Å². The van der Waals surface area contributed by atoms with Crippen LogP contribution in [0.25, 0.3) is 5.69 Å². The number of hydrogen-bond acceptors (Lipinski definition) is 3. The molecule has 2 unspecified atom stereocenters. The molecular formula is C25H30N4OS. The molecule has 3 aromatic rings. The highest BCUT2D eigenvalue weighted by Crippen LogP contribution is 2.41. The summed E-state index contributed by atoms with van der Waals surface area (Å²) in [7, 11) is 1.73. The molecule has 5 nitrogen and oxygen atoms in total. The molecule has 1 aliphatic rings. The molecule has 0 bridgehead atoms. The fourth-order valence-electron chi connectivity index (χ4n) is 4.59. The lowest BCUT2D eigenvalue weighted by molar-refractivity contribution is 0.164. The van der Waals surface area contributed by atoms with Gasteiger partial charge in [0.15, 0.2) is 5.11 Å². The SMILES string of the molecule is COCCN1C(=S)NC(c2ccccn2)C1c1cc(C)n(-c2cc(C)ccc2C)c1C. The molecular weight excluding hydrogens is 404 g/mol. The van der Waals surface area contributed by atoms with E-state index in [2.05, 4.69) is 77.8 Å². The van der Waals surface area contributed by atoms with E-state index in [0.717, 1.165) is 17.4 Å². The topological polar surface area (TPSA) is 42.3 Å². The van der Waals surface area contributed by atoms with Crippen molar-refractivity contribution in [1.82, 2.24) is 19.8 Å². The number of rotatable bonds is 6. The molecule has 1 fully saturated rings. The van der Waals surface area contributed by atoms with Crippen LogP contribution in [0.4, 0.5) is 0 Å². The van der Waals surface area contributed by atoms with Gasteiger partial charge in [-0.15, -0.1) is 0 Å². The summed E-state index contributed by atoms with van der Waals surface area (Å²) < 4.78 is 7.75. The highest BCUT2D eigenvalue weighted by molar-refractivity contribution is 7.80. The van der Waals surface area contributed by atoms with Gasteiger partial charge >= 0.3 is 0 Å². The predicted octanol–water partition coefficient (Wildman–Crippen LogP) is 4.72. The van der Waals surface area contributed by atoms with Gasteiger partial charge in [-0.3, -0.25) is 4.98 Å². The minimum absolute atomic E-state index is 0.0156. The molecule has 1 saturated heterocycles. The predicted molar refractivity (Wildman–Crippen MR) is 129 cm³/mol. The molecule has 0 radical (unpaired) electrons. The second-order valence-corrected chi connectivity index (χ2v) is 8.65. The molecule has 1 aromatic carbocycles. The maximum Gasteiger partial charge on any atom is 0.170 e. The molecule has 31 heavy (non-hydrogen) atoms. The van der Waals surface area contributed by atoms with Gasteiger partial charge in [-0.25, -0.2) is 0 Å². The van der Waals surface area contributed by atoms with Gasteiger partial charge < -0.3 is 19.5 Å². The third kappa shape index (κ3) is 3.98. The molecule has 0 spiro atoms. The quantitative estimate of drug-likeness (QED) is 0.569. The Morgan fingerprint density at radius 3 is 2.61 bits per heavy atom. The maximum atomic E-state index is 5.75. The van der Waals surface area contributed by atoms with Crippen molar-refractivity contribution in [2.75, 3.05) is 20.3 Å². The zero-order valence-electron chi connectivity index (χ0n) is 18.8. The van der Waals surface area contributed by atoms with Crippen LogP contribution in [0.3, 0.4) is 0 Å². The Morgan fingerprint density at radius 1 is 1.10 bits per heavy atom. The molecule has 162 valence electrons. The van der Waals surface area contributed by atoms with Gasteiger partial charge in [-0.05, 0) is 80.9 Å². The summed E-state index contributed by atoms with van der Waals surface area (Å²) in [5, 5.41) is 4.27. The molecule has 3 heterocycles. The number of hydrogen-bond donors (Lipinski definition) is 1. The van der Waals surface area contributed by atoms with E-state index in [1.54, 1.807) is 7.11 Å². The Morgan fingerprint density at radius 2 is 1.90 bits per heavy atom. The third-order valence-corrected chi connectivity index (χ3v) is 6.48. The summed E-state index contributed by atoms with van der Waals surface area (Å²) in [6.45, 7) is 10.0. The molecule has 1 N–H and O–H groups in total. The average molecular weight is 435 g/mol. The largest absolute Gasteiger partial charge is 0.383 e. The first-order valence-corrected chi connectivity index (χ1v) is 11.1. The summed E-state index contributed by atoms with van der Waals surface area (Å²) in [6, 6.07) is 15.0. The summed E-state index contributed by atoms with van der Waals surface area (Å²) in [6.07, 6.45) is 1.84. The zero-order chi connectivity index (χ0) is 22.1. The Kier molecular flexibility index (Phi) is 6.12. The zero-order valence-corrected chi connectivity index (χ0v) is 19.7. The third-order valence-electron chi connectivity index (χ3n) is 6.13. The van der Waals surface area contributed by atoms with E-state index in [1.807, 2.05) is 18.3 Å². The van der Waals surface area contributed by atoms with Crippen LogP contribution in [0.1, 0.15) is 45.9 Å². The Bertz CT molecular complexity index is 1090. The van der Waals surface area contributed by atoms with Gasteiger partial charge in [0, 0.05) is 36.9 Å². The van der Waals surface area contributed by atoms with E-state index in [9.17, 15) is 0 Å². The normalized spacial score (nSPS) is 18.5. The number of ether oxygens (including phenoxy) is 1. The maximum absolute atomic E-state index is 5.75. The van der Waals surface area contributed by atoms with E-state index in [4.69, 9.17) is 17.0 Å². The van der Waals surface area contributed by atoms with Gasteiger partial charge in [0.25, 0.3) is 0 Å². The number of thiocarbonyl (C=S) groups is 1. The first-order valence-electron chi connectivity index (χ1n) is 10.7. The minimum Gasteiger partial charge on any atom is -0.383 e. The number of benzene rings is 1. The second kappa shape index (κ2) is 8.81. The van der Waals surface area contributed by atoms with Crippen molar-refractivity contribution in [3.05, 3.63) is 82.4 Å². The standard InChI is InChI=1S/C25H30N4OS/c1-16-9-10-17(2)22(14-16)29-18(3)15-20(19(29)4)24-23(21-8-6-7-11-26-21)27-25(31)28(24)12-13-30-5/h6-11,14-15,23-24H,12-13H2,1-5H3,(H,27,31). The summed E-state index contributed by atoms with van der Waals surface area (Å²) in [5.41, 5.74) is 8.44. The summed E-state index contributed by atoms with van der Waals surface area (Å²) in [5.74, 6) is 0.